The van der Waals surface area contributed by atoms with Gasteiger partial charge in [-0.15, -0.1) is 0 Å². The van der Waals surface area contributed by atoms with Gasteiger partial charge >= 0.3 is 5.69 Å². The van der Waals surface area contributed by atoms with Crippen molar-refractivity contribution in [2.24, 2.45) is 0 Å². The zero-order chi connectivity index (χ0) is 19.6. The van der Waals surface area contributed by atoms with Gasteiger partial charge < -0.3 is 5.32 Å². The maximum atomic E-state index is 13.2. The Hall–Kier alpha value is -3.55. The van der Waals surface area contributed by atoms with Gasteiger partial charge in [0.15, 0.2) is 0 Å². The van der Waals surface area contributed by atoms with Gasteiger partial charge in [-0.05, 0) is 49.7 Å². The highest BCUT2D eigenvalue weighted by Gasteiger charge is 2.21. The Balaban J connectivity index is 1.73. The predicted octanol–water partition coefficient (Wildman–Crippen LogP) is 3.85. The third-order valence-electron chi connectivity index (χ3n) is 4.16. The molecule has 3 rings (SSSR count). The largest absolute Gasteiger partial charge is 0.322 e. The number of aryl methyl sites for hydroxylation is 1. The zero-order valence-electron chi connectivity index (χ0n) is 14.8. The number of amides is 1. The number of hydrogen-bond acceptors (Lipinski definition) is 4. The van der Waals surface area contributed by atoms with Crippen molar-refractivity contribution < 1.29 is 14.1 Å². The molecule has 1 amide bonds. The van der Waals surface area contributed by atoms with Gasteiger partial charge in [0.05, 0.1) is 11.5 Å². The van der Waals surface area contributed by atoms with Crippen LogP contribution in [-0.2, 0) is 6.54 Å². The molecule has 0 fully saturated rings. The SMILES string of the molecule is Cc1nn(Cc2ccc(C(=O)Nc3cccc(F)c3)cc2)c(C)c1[N+](=O)[O-]. The van der Waals surface area contributed by atoms with Crippen LogP contribution in [0.1, 0.15) is 27.3 Å². The second-order valence-corrected chi connectivity index (χ2v) is 6.10. The molecule has 0 saturated carbocycles. The van der Waals surface area contributed by atoms with Crippen LogP contribution in [0.25, 0.3) is 0 Å². The summed E-state index contributed by atoms with van der Waals surface area (Å²) < 4.78 is 14.8. The Morgan fingerprint density at radius 3 is 2.52 bits per heavy atom. The van der Waals surface area contributed by atoms with Gasteiger partial charge in [-0.3, -0.25) is 19.6 Å². The van der Waals surface area contributed by atoms with Crippen molar-refractivity contribution in [1.82, 2.24) is 9.78 Å². The maximum absolute atomic E-state index is 13.2. The fourth-order valence-corrected chi connectivity index (χ4v) is 2.81. The minimum atomic E-state index is -0.436. The minimum absolute atomic E-state index is 0.0149. The van der Waals surface area contributed by atoms with Crippen LogP contribution in [0, 0.1) is 29.8 Å². The maximum Gasteiger partial charge on any atom is 0.312 e. The molecule has 0 bridgehead atoms. The molecule has 0 atom stereocenters. The van der Waals surface area contributed by atoms with Crippen molar-refractivity contribution in [2.75, 3.05) is 5.32 Å². The summed E-state index contributed by atoms with van der Waals surface area (Å²) in [6.45, 7) is 3.60. The third kappa shape index (κ3) is 4.00. The molecule has 0 unspecified atom stereocenters. The zero-order valence-corrected chi connectivity index (χ0v) is 14.8. The Kier molecular flexibility index (Phi) is 4.98. The Labute approximate surface area is 154 Å². The number of aromatic nitrogens is 2. The van der Waals surface area contributed by atoms with Crippen molar-refractivity contribution in [3.63, 3.8) is 0 Å². The van der Waals surface area contributed by atoms with Gasteiger partial charge in [0.1, 0.15) is 17.2 Å². The summed E-state index contributed by atoms with van der Waals surface area (Å²) in [6.07, 6.45) is 0. The Morgan fingerprint density at radius 1 is 1.22 bits per heavy atom. The molecule has 27 heavy (non-hydrogen) atoms. The minimum Gasteiger partial charge on any atom is -0.322 e. The first-order chi connectivity index (χ1) is 12.8. The van der Waals surface area contributed by atoms with E-state index in [0.717, 1.165) is 5.56 Å². The molecule has 0 aliphatic rings. The topological polar surface area (TPSA) is 90.1 Å². The third-order valence-corrected chi connectivity index (χ3v) is 4.16. The summed E-state index contributed by atoms with van der Waals surface area (Å²) in [5.74, 6) is -0.781. The van der Waals surface area contributed by atoms with Crippen LogP contribution >= 0.6 is 0 Å². The molecule has 0 saturated heterocycles. The van der Waals surface area contributed by atoms with Crippen LogP contribution in [0.5, 0.6) is 0 Å². The molecule has 1 aromatic heterocycles. The van der Waals surface area contributed by atoms with Gasteiger partial charge in [-0.1, -0.05) is 18.2 Å². The van der Waals surface area contributed by atoms with Gasteiger partial charge in [-0.2, -0.15) is 5.10 Å². The lowest BCUT2D eigenvalue weighted by Crippen LogP contribution is -2.12. The van der Waals surface area contributed by atoms with Gasteiger partial charge in [0.25, 0.3) is 5.91 Å². The molecule has 1 heterocycles. The summed E-state index contributed by atoms with van der Waals surface area (Å²) in [4.78, 5) is 22.9. The van der Waals surface area contributed by atoms with E-state index in [0.29, 0.717) is 29.2 Å². The first kappa shape index (κ1) is 18.2. The highest BCUT2D eigenvalue weighted by molar-refractivity contribution is 6.04. The van der Waals surface area contributed by atoms with E-state index in [-0.39, 0.29) is 11.6 Å². The van der Waals surface area contributed by atoms with E-state index in [1.54, 1.807) is 48.9 Å². The van der Waals surface area contributed by atoms with E-state index in [9.17, 15) is 19.3 Å². The first-order valence-corrected chi connectivity index (χ1v) is 8.19. The molecule has 2 aromatic carbocycles. The number of anilines is 1. The van der Waals surface area contributed by atoms with Crippen LogP contribution in [0.3, 0.4) is 0 Å². The number of nitrogens with zero attached hydrogens (tertiary/aromatic N) is 3. The van der Waals surface area contributed by atoms with Crippen LogP contribution in [0.2, 0.25) is 0 Å². The lowest BCUT2D eigenvalue weighted by atomic mass is 10.1. The molecular formula is C19H17FN4O3. The summed E-state index contributed by atoms with van der Waals surface area (Å²) in [6, 6.07) is 12.4. The van der Waals surface area contributed by atoms with E-state index in [4.69, 9.17) is 0 Å². The predicted molar refractivity (Wildman–Crippen MR) is 98.3 cm³/mol. The highest BCUT2D eigenvalue weighted by atomic mass is 19.1. The number of halogens is 1. The molecule has 1 N–H and O–H groups in total. The Morgan fingerprint density at radius 2 is 1.93 bits per heavy atom. The van der Waals surface area contributed by atoms with Gasteiger partial charge in [-0.25, -0.2) is 4.39 Å². The van der Waals surface area contributed by atoms with E-state index >= 15 is 0 Å². The molecule has 0 radical (unpaired) electrons. The number of hydrogen-bond donors (Lipinski definition) is 1. The quantitative estimate of drug-likeness (QED) is 0.547. The van der Waals surface area contributed by atoms with E-state index in [2.05, 4.69) is 10.4 Å². The number of nitrogens with one attached hydrogen (secondary N) is 1. The second kappa shape index (κ2) is 7.36. The fraction of sp³-hybridized carbons (Fsp3) is 0.158. The normalized spacial score (nSPS) is 10.6. The van der Waals surface area contributed by atoms with E-state index < -0.39 is 10.7 Å². The average Bonchev–Trinajstić information content (AvgIpc) is 2.89. The molecule has 0 spiro atoms. The lowest BCUT2D eigenvalue weighted by Gasteiger charge is -2.07. The van der Waals surface area contributed by atoms with Crippen molar-refractivity contribution in [3.05, 3.63) is 87.0 Å². The van der Waals surface area contributed by atoms with Crippen molar-refractivity contribution in [2.45, 2.75) is 20.4 Å². The Bertz CT molecular complexity index is 1010. The summed E-state index contributed by atoms with van der Waals surface area (Å²) in [5, 5.41) is 17.9. The molecular weight excluding hydrogens is 351 g/mol. The van der Waals surface area contributed by atoms with Crippen LogP contribution in [-0.4, -0.2) is 20.6 Å². The van der Waals surface area contributed by atoms with E-state index in [1.165, 1.54) is 18.2 Å². The molecule has 3 aromatic rings. The molecule has 7 nitrogen and oxygen atoms in total. The van der Waals surface area contributed by atoms with Crippen LogP contribution < -0.4 is 5.32 Å². The van der Waals surface area contributed by atoms with Crippen molar-refractivity contribution in [3.8, 4) is 0 Å². The second-order valence-electron chi connectivity index (χ2n) is 6.10. The highest BCUT2D eigenvalue weighted by Crippen LogP contribution is 2.22. The fourth-order valence-electron chi connectivity index (χ4n) is 2.81. The number of nitro groups is 1. The summed E-state index contributed by atoms with van der Waals surface area (Å²) in [7, 11) is 0. The first-order valence-electron chi connectivity index (χ1n) is 8.19. The van der Waals surface area contributed by atoms with Crippen molar-refractivity contribution in [1.29, 1.82) is 0 Å². The molecule has 0 aliphatic heterocycles. The van der Waals surface area contributed by atoms with Crippen LogP contribution in [0.15, 0.2) is 48.5 Å². The standard InChI is InChI=1S/C19H17FN4O3/c1-12-18(24(26)27)13(2)23(22-12)11-14-6-8-15(9-7-14)19(25)21-17-5-3-4-16(20)10-17/h3-10H,11H2,1-2H3,(H,21,25). The number of carbonyl (C=O) groups excluding carboxylic acids is 1. The summed E-state index contributed by atoms with van der Waals surface area (Å²) >= 11 is 0. The molecule has 0 aliphatic carbocycles. The average molecular weight is 368 g/mol. The van der Waals surface area contributed by atoms with Crippen molar-refractivity contribution >= 4 is 17.3 Å². The lowest BCUT2D eigenvalue weighted by molar-refractivity contribution is -0.386. The van der Waals surface area contributed by atoms with Crippen LogP contribution in [0.4, 0.5) is 15.8 Å². The molecule has 138 valence electrons. The monoisotopic (exact) mass is 368 g/mol. The van der Waals surface area contributed by atoms with Gasteiger partial charge in [0, 0.05) is 11.3 Å². The van der Waals surface area contributed by atoms with Gasteiger partial charge in [0.2, 0.25) is 0 Å². The smallest absolute Gasteiger partial charge is 0.312 e. The number of carbonyl (C=O) groups is 1. The summed E-state index contributed by atoms with van der Waals surface area (Å²) in [5.41, 5.74) is 2.49. The number of benzene rings is 2. The van der Waals surface area contributed by atoms with E-state index in [1.807, 2.05) is 0 Å². The number of rotatable bonds is 5. The molecule has 8 heteroatoms.